The summed E-state index contributed by atoms with van der Waals surface area (Å²) < 4.78 is 12.8. The number of rotatable bonds is 8. The number of thioether (sulfide) groups is 1. The first-order valence-electron chi connectivity index (χ1n) is 8.02. The molecule has 3 aromatic rings. The summed E-state index contributed by atoms with van der Waals surface area (Å²) in [6, 6.07) is 20.4. The molecule has 0 unspecified atom stereocenters. The standard InChI is InChI=1S/C19H21N3O2S/c1-23-17(24-2)13-22-18(16-11-7-4-8-12-16)20-21-19(22)25-14-15-9-5-3-6-10-15/h3-12,17H,13-14H2,1-2H3. The van der Waals surface area contributed by atoms with Crippen LogP contribution in [0.2, 0.25) is 0 Å². The lowest BCUT2D eigenvalue weighted by Gasteiger charge is -2.17. The predicted octanol–water partition coefficient (Wildman–Crippen LogP) is 3.86. The Kier molecular flexibility index (Phi) is 6.22. The molecule has 0 saturated carbocycles. The first-order valence-corrected chi connectivity index (χ1v) is 9.01. The highest BCUT2D eigenvalue weighted by Crippen LogP contribution is 2.27. The molecule has 130 valence electrons. The Bertz CT molecular complexity index is 774. The van der Waals surface area contributed by atoms with E-state index in [1.54, 1.807) is 26.0 Å². The lowest BCUT2D eigenvalue weighted by Crippen LogP contribution is -2.21. The zero-order valence-electron chi connectivity index (χ0n) is 14.3. The zero-order valence-corrected chi connectivity index (χ0v) is 15.1. The molecule has 5 nitrogen and oxygen atoms in total. The smallest absolute Gasteiger partial charge is 0.191 e. The minimum atomic E-state index is -0.352. The molecule has 25 heavy (non-hydrogen) atoms. The average Bonchev–Trinajstić information content (AvgIpc) is 3.08. The molecule has 0 spiro atoms. The molecule has 1 aromatic heterocycles. The Labute approximate surface area is 152 Å². The van der Waals surface area contributed by atoms with Gasteiger partial charge in [0.2, 0.25) is 0 Å². The normalized spacial score (nSPS) is 11.2. The zero-order chi connectivity index (χ0) is 17.5. The van der Waals surface area contributed by atoms with Gasteiger partial charge in [0, 0.05) is 25.5 Å². The Balaban J connectivity index is 1.87. The van der Waals surface area contributed by atoms with Gasteiger partial charge in [0.05, 0.1) is 6.54 Å². The molecule has 0 fully saturated rings. The van der Waals surface area contributed by atoms with Gasteiger partial charge in [-0.3, -0.25) is 4.57 Å². The van der Waals surface area contributed by atoms with Crippen molar-refractivity contribution in [1.82, 2.24) is 14.8 Å². The molecule has 0 aliphatic heterocycles. The maximum atomic E-state index is 5.37. The Morgan fingerprint density at radius 2 is 1.56 bits per heavy atom. The maximum absolute atomic E-state index is 5.37. The van der Waals surface area contributed by atoms with E-state index in [9.17, 15) is 0 Å². The van der Waals surface area contributed by atoms with Crippen LogP contribution in [0.25, 0.3) is 11.4 Å². The Hall–Kier alpha value is -2.15. The molecular formula is C19H21N3O2S. The van der Waals surface area contributed by atoms with E-state index >= 15 is 0 Å². The lowest BCUT2D eigenvalue weighted by atomic mass is 10.2. The first-order chi connectivity index (χ1) is 12.3. The second kappa shape index (κ2) is 8.80. The summed E-state index contributed by atoms with van der Waals surface area (Å²) in [5.74, 6) is 1.65. The van der Waals surface area contributed by atoms with Gasteiger partial charge in [0.1, 0.15) is 0 Å². The van der Waals surface area contributed by atoms with Gasteiger partial charge < -0.3 is 9.47 Å². The third kappa shape index (κ3) is 4.48. The van der Waals surface area contributed by atoms with Crippen LogP contribution in [0.5, 0.6) is 0 Å². The SMILES string of the molecule is COC(Cn1c(SCc2ccccc2)nnc1-c1ccccc1)OC. The summed E-state index contributed by atoms with van der Waals surface area (Å²) in [4.78, 5) is 0. The van der Waals surface area contributed by atoms with Gasteiger partial charge in [0.15, 0.2) is 17.3 Å². The highest BCUT2D eigenvalue weighted by molar-refractivity contribution is 7.98. The molecule has 0 radical (unpaired) electrons. The van der Waals surface area contributed by atoms with Gasteiger partial charge in [-0.2, -0.15) is 0 Å². The predicted molar refractivity (Wildman–Crippen MR) is 99.3 cm³/mol. The van der Waals surface area contributed by atoms with Crippen LogP contribution in [0.1, 0.15) is 5.56 Å². The number of methoxy groups -OCH3 is 2. The first kappa shape index (κ1) is 17.7. The molecule has 0 aliphatic rings. The fourth-order valence-corrected chi connectivity index (χ4v) is 3.38. The van der Waals surface area contributed by atoms with Gasteiger partial charge in [-0.05, 0) is 5.56 Å². The van der Waals surface area contributed by atoms with Gasteiger partial charge in [-0.1, -0.05) is 72.4 Å². The van der Waals surface area contributed by atoms with E-state index in [0.29, 0.717) is 6.54 Å². The number of hydrogen-bond acceptors (Lipinski definition) is 5. The minimum Gasteiger partial charge on any atom is -0.354 e. The largest absolute Gasteiger partial charge is 0.354 e. The van der Waals surface area contributed by atoms with Crippen LogP contribution in [0.15, 0.2) is 65.8 Å². The van der Waals surface area contributed by atoms with E-state index in [1.807, 2.05) is 48.5 Å². The van der Waals surface area contributed by atoms with Crippen molar-refractivity contribution >= 4 is 11.8 Å². The molecule has 3 rings (SSSR count). The summed E-state index contributed by atoms with van der Waals surface area (Å²) in [6.45, 7) is 0.529. The molecular weight excluding hydrogens is 334 g/mol. The molecule has 0 N–H and O–H groups in total. The lowest BCUT2D eigenvalue weighted by molar-refractivity contribution is -0.111. The van der Waals surface area contributed by atoms with E-state index in [2.05, 4.69) is 26.9 Å². The van der Waals surface area contributed by atoms with Crippen molar-refractivity contribution in [2.24, 2.45) is 0 Å². The molecule has 0 bridgehead atoms. The maximum Gasteiger partial charge on any atom is 0.191 e. The fraction of sp³-hybridized carbons (Fsp3) is 0.263. The van der Waals surface area contributed by atoms with E-state index in [-0.39, 0.29) is 6.29 Å². The van der Waals surface area contributed by atoms with Crippen molar-refractivity contribution in [1.29, 1.82) is 0 Å². The van der Waals surface area contributed by atoms with Crippen LogP contribution in [-0.2, 0) is 21.8 Å². The highest BCUT2D eigenvalue weighted by atomic mass is 32.2. The van der Waals surface area contributed by atoms with E-state index < -0.39 is 0 Å². The third-order valence-corrected chi connectivity index (χ3v) is 4.85. The van der Waals surface area contributed by atoms with Crippen molar-refractivity contribution in [3.63, 3.8) is 0 Å². The van der Waals surface area contributed by atoms with Crippen LogP contribution in [0.3, 0.4) is 0 Å². The summed E-state index contributed by atoms with van der Waals surface area (Å²) in [6.07, 6.45) is -0.352. The van der Waals surface area contributed by atoms with E-state index in [0.717, 1.165) is 22.3 Å². The number of aromatic nitrogens is 3. The molecule has 2 aromatic carbocycles. The van der Waals surface area contributed by atoms with Crippen molar-refractivity contribution < 1.29 is 9.47 Å². The summed E-state index contributed by atoms with van der Waals surface area (Å²) in [7, 11) is 3.27. The monoisotopic (exact) mass is 355 g/mol. The minimum absolute atomic E-state index is 0.352. The van der Waals surface area contributed by atoms with Gasteiger partial charge in [-0.15, -0.1) is 10.2 Å². The van der Waals surface area contributed by atoms with Crippen molar-refractivity contribution in [2.75, 3.05) is 14.2 Å². The Morgan fingerprint density at radius 3 is 2.20 bits per heavy atom. The molecule has 0 amide bonds. The summed E-state index contributed by atoms with van der Waals surface area (Å²) >= 11 is 1.66. The van der Waals surface area contributed by atoms with Crippen LogP contribution in [0.4, 0.5) is 0 Å². The van der Waals surface area contributed by atoms with Crippen LogP contribution >= 0.6 is 11.8 Å². The quantitative estimate of drug-likeness (QED) is 0.454. The van der Waals surface area contributed by atoms with Gasteiger partial charge >= 0.3 is 0 Å². The number of benzene rings is 2. The number of ether oxygens (including phenoxy) is 2. The average molecular weight is 355 g/mol. The molecule has 1 heterocycles. The van der Waals surface area contributed by atoms with Crippen LogP contribution in [-0.4, -0.2) is 35.3 Å². The molecule has 0 atom stereocenters. The van der Waals surface area contributed by atoms with E-state index in [4.69, 9.17) is 9.47 Å². The Morgan fingerprint density at radius 1 is 0.920 bits per heavy atom. The molecule has 6 heteroatoms. The summed E-state index contributed by atoms with van der Waals surface area (Å²) in [5.41, 5.74) is 2.27. The number of nitrogens with zero attached hydrogens (tertiary/aromatic N) is 3. The van der Waals surface area contributed by atoms with Crippen molar-refractivity contribution in [3.8, 4) is 11.4 Å². The van der Waals surface area contributed by atoms with Gasteiger partial charge in [-0.25, -0.2) is 0 Å². The third-order valence-electron chi connectivity index (χ3n) is 3.82. The van der Waals surface area contributed by atoms with Crippen LogP contribution in [0, 0.1) is 0 Å². The van der Waals surface area contributed by atoms with Gasteiger partial charge in [0.25, 0.3) is 0 Å². The van der Waals surface area contributed by atoms with Crippen LogP contribution < -0.4 is 0 Å². The topological polar surface area (TPSA) is 49.2 Å². The number of hydrogen-bond donors (Lipinski definition) is 0. The van der Waals surface area contributed by atoms with Crippen molar-refractivity contribution in [2.45, 2.75) is 23.7 Å². The molecule has 0 saturated heterocycles. The van der Waals surface area contributed by atoms with Crippen molar-refractivity contribution in [3.05, 3.63) is 66.2 Å². The summed E-state index contributed by atoms with van der Waals surface area (Å²) in [5, 5.41) is 9.64. The fourth-order valence-electron chi connectivity index (χ4n) is 2.48. The highest BCUT2D eigenvalue weighted by Gasteiger charge is 2.18. The van der Waals surface area contributed by atoms with E-state index in [1.165, 1.54) is 5.56 Å². The second-order valence-electron chi connectivity index (χ2n) is 5.46. The second-order valence-corrected chi connectivity index (χ2v) is 6.40. The molecule has 0 aliphatic carbocycles.